The number of non-ortho nitro benzene ring substituents is 1. The summed E-state index contributed by atoms with van der Waals surface area (Å²) >= 11 is 1.78. The lowest BCUT2D eigenvalue weighted by atomic mass is 10.1. The van der Waals surface area contributed by atoms with E-state index in [-0.39, 0.29) is 5.69 Å². The van der Waals surface area contributed by atoms with E-state index >= 15 is 0 Å². The molecule has 7 heteroatoms. The SMILES string of the molecule is N#Cc1cc([N+](=O)[O-])ccc1N1CCN(Cc2csc3ccccc23)CC1. The lowest BCUT2D eigenvalue weighted by molar-refractivity contribution is -0.384. The van der Waals surface area contributed by atoms with Crippen LogP contribution in [0.1, 0.15) is 11.1 Å². The van der Waals surface area contributed by atoms with Crippen molar-refractivity contribution < 1.29 is 4.92 Å². The minimum absolute atomic E-state index is 0.0433. The molecule has 1 aliphatic heterocycles. The first-order chi connectivity index (χ1) is 13.2. The normalized spacial score (nSPS) is 15.0. The van der Waals surface area contributed by atoms with E-state index in [0.717, 1.165) is 38.4 Å². The van der Waals surface area contributed by atoms with Crippen LogP contribution < -0.4 is 4.90 Å². The van der Waals surface area contributed by atoms with Gasteiger partial charge in [-0.05, 0) is 28.5 Å². The second kappa shape index (κ2) is 7.35. The fraction of sp³-hybridized carbons (Fsp3) is 0.250. The van der Waals surface area contributed by atoms with Gasteiger partial charge >= 0.3 is 0 Å². The van der Waals surface area contributed by atoms with E-state index in [1.807, 2.05) is 0 Å². The highest BCUT2D eigenvalue weighted by Gasteiger charge is 2.21. The number of rotatable bonds is 4. The molecular weight excluding hydrogens is 360 g/mol. The van der Waals surface area contributed by atoms with Crippen molar-refractivity contribution in [2.24, 2.45) is 0 Å². The lowest BCUT2D eigenvalue weighted by Gasteiger charge is -2.36. The third kappa shape index (κ3) is 3.50. The van der Waals surface area contributed by atoms with Gasteiger partial charge in [-0.2, -0.15) is 5.26 Å². The van der Waals surface area contributed by atoms with Crippen molar-refractivity contribution in [3.8, 4) is 6.07 Å². The molecule has 1 aromatic heterocycles. The first-order valence-electron chi connectivity index (χ1n) is 8.76. The van der Waals surface area contributed by atoms with Gasteiger partial charge in [0, 0.05) is 49.6 Å². The zero-order chi connectivity index (χ0) is 18.8. The van der Waals surface area contributed by atoms with Gasteiger partial charge in [0.2, 0.25) is 0 Å². The molecule has 2 aromatic carbocycles. The van der Waals surface area contributed by atoms with Gasteiger partial charge in [0.25, 0.3) is 5.69 Å². The third-order valence-corrected chi connectivity index (χ3v) is 5.99. The Balaban J connectivity index is 1.45. The van der Waals surface area contributed by atoms with Crippen LogP contribution in [-0.4, -0.2) is 36.0 Å². The molecule has 136 valence electrons. The summed E-state index contributed by atoms with van der Waals surface area (Å²) in [6, 6.07) is 15.1. The highest BCUT2D eigenvalue weighted by atomic mass is 32.1. The Morgan fingerprint density at radius 1 is 1.15 bits per heavy atom. The zero-order valence-corrected chi connectivity index (χ0v) is 15.5. The van der Waals surface area contributed by atoms with Crippen LogP contribution in [-0.2, 0) is 6.54 Å². The molecule has 0 unspecified atom stereocenters. The Hall–Kier alpha value is -2.95. The number of benzene rings is 2. The van der Waals surface area contributed by atoms with E-state index < -0.39 is 4.92 Å². The number of nitrogens with zero attached hydrogens (tertiary/aromatic N) is 4. The first-order valence-corrected chi connectivity index (χ1v) is 9.64. The fourth-order valence-corrected chi connectivity index (χ4v) is 4.50. The molecule has 3 aromatic rings. The molecule has 0 aliphatic carbocycles. The average molecular weight is 378 g/mol. The van der Waals surface area contributed by atoms with Crippen LogP contribution in [0.4, 0.5) is 11.4 Å². The lowest BCUT2D eigenvalue weighted by Crippen LogP contribution is -2.46. The number of hydrogen-bond acceptors (Lipinski definition) is 6. The van der Waals surface area contributed by atoms with Crippen LogP contribution >= 0.6 is 11.3 Å². The van der Waals surface area contributed by atoms with E-state index in [2.05, 4.69) is 45.5 Å². The molecule has 27 heavy (non-hydrogen) atoms. The predicted molar refractivity (Wildman–Crippen MR) is 107 cm³/mol. The molecule has 0 spiro atoms. The number of nitro groups is 1. The van der Waals surface area contributed by atoms with Crippen LogP contribution in [0.2, 0.25) is 0 Å². The van der Waals surface area contributed by atoms with Gasteiger partial charge in [-0.15, -0.1) is 11.3 Å². The average Bonchev–Trinajstić information content (AvgIpc) is 3.11. The molecule has 0 N–H and O–H groups in total. The number of thiophene rings is 1. The van der Waals surface area contributed by atoms with Crippen LogP contribution in [0.3, 0.4) is 0 Å². The van der Waals surface area contributed by atoms with Crippen LogP contribution in [0, 0.1) is 21.4 Å². The number of nitriles is 1. The summed E-state index contributed by atoms with van der Waals surface area (Å²) in [4.78, 5) is 15.0. The highest BCUT2D eigenvalue weighted by Crippen LogP contribution is 2.28. The molecule has 2 heterocycles. The molecule has 0 atom stereocenters. The molecular formula is C20H18N4O2S. The van der Waals surface area contributed by atoms with E-state index in [4.69, 9.17) is 0 Å². The van der Waals surface area contributed by atoms with Crippen LogP contribution in [0.5, 0.6) is 0 Å². The van der Waals surface area contributed by atoms with Gasteiger partial charge in [-0.1, -0.05) is 18.2 Å². The number of piperazine rings is 1. The second-order valence-electron chi connectivity index (χ2n) is 6.59. The summed E-state index contributed by atoms with van der Waals surface area (Å²) in [6.07, 6.45) is 0. The number of anilines is 1. The van der Waals surface area contributed by atoms with Crippen LogP contribution in [0.25, 0.3) is 10.1 Å². The molecule has 0 bridgehead atoms. The Kier molecular flexibility index (Phi) is 4.75. The topological polar surface area (TPSA) is 73.4 Å². The van der Waals surface area contributed by atoms with Gasteiger partial charge in [0.05, 0.1) is 16.2 Å². The van der Waals surface area contributed by atoms with Crippen molar-refractivity contribution in [2.75, 3.05) is 31.1 Å². The minimum Gasteiger partial charge on any atom is -0.368 e. The quantitative estimate of drug-likeness (QED) is 0.507. The summed E-state index contributed by atoms with van der Waals surface area (Å²) in [5, 5.41) is 23.9. The Labute approximate surface area is 161 Å². The number of hydrogen-bond donors (Lipinski definition) is 0. The monoisotopic (exact) mass is 378 g/mol. The molecule has 0 radical (unpaired) electrons. The van der Waals surface area contributed by atoms with Crippen molar-refractivity contribution >= 4 is 32.8 Å². The maximum Gasteiger partial charge on any atom is 0.270 e. The second-order valence-corrected chi connectivity index (χ2v) is 7.50. The molecule has 1 fully saturated rings. The van der Waals surface area contributed by atoms with Gasteiger partial charge in [-0.25, -0.2) is 0 Å². The first kappa shape index (κ1) is 17.5. The summed E-state index contributed by atoms with van der Waals surface area (Å²) in [6.45, 7) is 4.31. The molecule has 0 saturated carbocycles. The van der Waals surface area contributed by atoms with Crippen LogP contribution in [0.15, 0.2) is 47.8 Å². The Morgan fingerprint density at radius 2 is 1.93 bits per heavy atom. The van der Waals surface area contributed by atoms with Crippen molar-refractivity contribution in [3.05, 3.63) is 69.1 Å². The largest absolute Gasteiger partial charge is 0.368 e. The Morgan fingerprint density at radius 3 is 2.67 bits per heavy atom. The molecule has 1 saturated heterocycles. The number of fused-ring (bicyclic) bond motifs is 1. The van der Waals surface area contributed by atoms with Gasteiger partial charge in [-0.3, -0.25) is 15.0 Å². The third-order valence-electron chi connectivity index (χ3n) is 4.98. The minimum atomic E-state index is -0.465. The standard InChI is InChI=1S/C20H18N4O2S/c21-12-15-11-17(24(25)26)5-6-19(15)23-9-7-22(8-10-23)13-16-14-27-20-4-2-1-3-18(16)20/h1-6,11,14H,7-10,13H2. The van der Waals surface area contributed by atoms with Gasteiger partial charge in [0.1, 0.15) is 6.07 Å². The van der Waals surface area contributed by atoms with Gasteiger partial charge in [0.15, 0.2) is 0 Å². The molecule has 1 aliphatic rings. The van der Waals surface area contributed by atoms with Crippen molar-refractivity contribution in [2.45, 2.75) is 6.54 Å². The van der Waals surface area contributed by atoms with Crippen molar-refractivity contribution in [1.29, 1.82) is 5.26 Å². The van der Waals surface area contributed by atoms with Gasteiger partial charge < -0.3 is 4.90 Å². The highest BCUT2D eigenvalue weighted by molar-refractivity contribution is 7.17. The molecule has 6 nitrogen and oxygen atoms in total. The summed E-state index contributed by atoms with van der Waals surface area (Å²) in [7, 11) is 0. The maximum absolute atomic E-state index is 10.9. The molecule has 4 rings (SSSR count). The smallest absolute Gasteiger partial charge is 0.270 e. The van der Waals surface area contributed by atoms with Crippen molar-refractivity contribution in [1.82, 2.24) is 4.90 Å². The predicted octanol–water partition coefficient (Wildman–Crippen LogP) is 4.00. The summed E-state index contributed by atoms with van der Waals surface area (Å²) in [5.74, 6) is 0. The number of nitro benzene ring substituents is 1. The summed E-state index contributed by atoms with van der Waals surface area (Å²) in [5.41, 5.74) is 2.46. The van der Waals surface area contributed by atoms with E-state index in [1.54, 1.807) is 17.4 Å². The molecule has 0 amide bonds. The Bertz CT molecular complexity index is 1030. The van der Waals surface area contributed by atoms with Crippen molar-refractivity contribution in [3.63, 3.8) is 0 Å². The van der Waals surface area contributed by atoms with E-state index in [1.165, 1.54) is 27.8 Å². The maximum atomic E-state index is 10.9. The zero-order valence-electron chi connectivity index (χ0n) is 14.7. The summed E-state index contributed by atoms with van der Waals surface area (Å²) < 4.78 is 1.32. The fourth-order valence-electron chi connectivity index (χ4n) is 3.55. The van der Waals surface area contributed by atoms with E-state index in [0.29, 0.717) is 5.56 Å². The van der Waals surface area contributed by atoms with E-state index in [9.17, 15) is 15.4 Å².